The second-order valence-corrected chi connectivity index (χ2v) is 7.35. The van der Waals surface area contributed by atoms with Crippen LogP contribution in [-0.4, -0.2) is 44.0 Å². The highest BCUT2D eigenvalue weighted by atomic mass is 19.4. The van der Waals surface area contributed by atoms with Crippen LogP contribution in [0.15, 0.2) is 54.6 Å². The van der Waals surface area contributed by atoms with Gasteiger partial charge in [-0.05, 0) is 30.3 Å². The molecule has 0 unspecified atom stereocenters. The van der Waals surface area contributed by atoms with Gasteiger partial charge in [-0.3, -0.25) is 9.59 Å². The first kappa shape index (κ1) is 19.4. The summed E-state index contributed by atoms with van der Waals surface area (Å²) in [6.07, 6.45) is -4.22. The number of alkyl halides is 3. The summed E-state index contributed by atoms with van der Waals surface area (Å²) >= 11 is 0. The molecule has 29 heavy (non-hydrogen) atoms. The minimum absolute atomic E-state index is 0.159. The van der Waals surface area contributed by atoms with E-state index in [1.807, 2.05) is 11.0 Å². The number of piperazine rings is 1. The number of carbonyl (C=O) groups excluding carboxylic acids is 2. The van der Waals surface area contributed by atoms with Crippen molar-refractivity contribution in [2.24, 2.45) is 0 Å². The highest BCUT2D eigenvalue weighted by molar-refractivity contribution is 6.21. The number of rotatable bonds is 3. The number of imide groups is 1. The lowest BCUT2D eigenvalue weighted by Crippen LogP contribution is -3.19. The third kappa shape index (κ3) is 3.85. The van der Waals surface area contributed by atoms with Gasteiger partial charge in [0.1, 0.15) is 0 Å². The van der Waals surface area contributed by atoms with Crippen molar-refractivity contribution in [3.63, 3.8) is 0 Å². The van der Waals surface area contributed by atoms with Gasteiger partial charge in [-0.15, -0.1) is 0 Å². The SMILES string of the molecule is O=C1C[C@H]([NH+]2CCN(c3cccc(C(F)(F)F)c3)CC2)C(=O)N1c1ccccc1. The van der Waals surface area contributed by atoms with Gasteiger partial charge in [0.2, 0.25) is 5.91 Å². The average Bonchev–Trinajstić information content (AvgIpc) is 3.02. The van der Waals surface area contributed by atoms with E-state index in [9.17, 15) is 22.8 Å². The normalized spacial score (nSPS) is 21.1. The van der Waals surface area contributed by atoms with E-state index in [1.165, 1.54) is 11.0 Å². The zero-order valence-corrected chi connectivity index (χ0v) is 15.7. The van der Waals surface area contributed by atoms with Crippen molar-refractivity contribution in [1.82, 2.24) is 0 Å². The Bertz CT molecular complexity index is 909. The smallest absolute Gasteiger partial charge is 0.360 e. The third-order valence-corrected chi connectivity index (χ3v) is 5.60. The summed E-state index contributed by atoms with van der Waals surface area (Å²) in [4.78, 5) is 29.4. The second-order valence-electron chi connectivity index (χ2n) is 7.35. The molecule has 152 valence electrons. The second kappa shape index (κ2) is 7.51. The maximum absolute atomic E-state index is 13.0. The van der Waals surface area contributed by atoms with E-state index in [2.05, 4.69) is 0 Å². The lowest BCUT2D eigenvalue weighted by Gasteiger charge is -2.35. The fourth-order valence-corrected chi connectivity index (χ4v) is 4.08. The molecule has 0 aliphatic carbocycles. The number of nitrogens with zero attached hydrogens (tertiary/aromatic N) is 2. The number of amides is 2. The molecule has 0 bridgehead atoms. The Morgan fingerprint density at radius 2 is 1.55 bits per heavy atom. The first-order chi connectivity index (χ1) is 13.8. The molecule has 2 aliphatic heterocycles. The Kier molecular flexibility index (Phi) is 5.04. The monoisotopic (exact) mass is 404 g/mol. The van der Waals surface area contributed by atoms with E-state index in [1.54, 1.807) is 30.3 Å². The molecule has 2 heterocycles. The molecule has 8 heteroatoms. The minimum atomic E-state index is -4.37. The summed E-state index contributed by atoms with van der Waals surface area (Å²) in [5.74, 6) is -0.414. The van der Waals surface area contributed by atoms with E-state index < -0.39 is 17.8 Å². The maximum atomic E-state index is 13.0. The zero-order chi connectivity index (χ0) is 20.6. The standard InChI is InChI=1S/C21H20F3N3O2/c22-21(23,24)15-5-4-8-17(13-15)25-9-11-26(12-10-25)18-14-19(28)27(20(18)29)16-6-2-1-3-7-16/h1-8,13,18H,9-12,14H2/p+1/t18-/m0/s1. The Labute approximate surface area is 166 Å². The summed E-state index contributed by atoms with van der Waals surface area (Å²) in [5, 5.41) is 0. The zero-order valence-electron chi connectivity index (χ0n) is 15.7. The van der Waals surface area contributed by atoms with E-state index in [0.29, 0.717) is 37.6 Å². The van der Waals surface area contributed by atoms with E-state index in [-0.39, 0.29) is 18.2 Å². The van der Waals surface area contributed by atoms with Crippen molar-refractivity contribution in [3.05, 3.63) is 60.2 Å². The molecule has 0 radical (unpaired) electrons. The van der Waals surface area contributed by atoms with Gasteiger partial charge < -0.3 is 9.80 Å². The van der Waals surface area contributed by atoms with Crippen LogP contribution in [0.3, 0.4) is 0 Å². The van der Waals surface area contributed by atoms with Gasteiger partial charge in [0.05, 0.1) is 43.9 Å². The summed E-state index contributed by atoms with van der Waals surface area (Å²) in [7, 11) is 0. The first-order valence-corrected chi connectivity index (χ1v) is 9.53. The number of benzene rings is 2. The topological polar surface area (TPSA) is 45.1 Å². The average molecular weight is 404 g/mol. The van der Waals surface area contributed by atoms with Crippen molar-refractivity contribution in [1.29, 1.82) is 0 Å². The predicted molar refractivity (Wildman–Crippen MR) is 102 cm³/mol. The Balaban J connectivity index is 1.43. The van der Waals surface area contributed by atoms with Crippen LogP contribution in [-0.2, 0) is 15.8 Å². The van der Waals surface area contributed by atoms with E-state index >= 15 is 0 Å². The lowest BCUT2D eigenvalue weighted by atomic mass is 10.1. The highest BCUT2D eigenvalue weighted by Crippen LogP contribution is 2.31. The maximum Gasteiger partial charge on any atom is 0.416 e. The van der Waals surface area contributed by atoms with Crippen LogP contribution in [0.5, 0.6) is 0 Å². The van der Waals surface area contributed by atoms with E-state index in [0.717, 1.165) is 17.0 Å². The predicted octanol–water partition coefficient (Wildman–Crippen LogP) is 1.74. The van der Waals surface area contributed by atoms with Crippen molar-refractivity contribution in [2.45, 2.75) is 18.6 Å². The largest absolute Gasteiger partial charge is 0.416 e. The number of carbonyl (C=O) groups is 2. The van der Waals surface area contributed by atoms with Crippen molar-refractivity contribution < 1.29 is 27.7 Å². The number of hydrogen-bond donors (Lipinski definition) is 1. The molecule has 0 spiro atoms. The summed E-state index contributed by atoms with van der Waals surface area (Å²) < 4.78 is 38.9. The van der Waals surface area contributed by atoms with Crippen LogP contribution in [0, 0.1) is 0 Å². The van der Waals surface area contributed by atoms with Crippen molar-refractivity contribution in [3.8, 4) is 0 Å². The van der Waals surface area contributed by atoms with Gasteiger partial charge >= 0.3 is 6.18 Å². The molecule has 2 aromatic carbocycles. The highest BCUT2D eigenvalue weighted by Gasteiger charge is 2.46. The molecule has 2 aliphatic rings. The van der Waals surface area contributed by atoms with Gasteiger partial charge in [-0.2, -0.15) is 13.2 Å². The van der Waals surface area contributed by atoms with Gasteiger partial charge in [0.25, 0.3) is 5.91 Å². The van der Waals surface area contributed by atoms with Crippen LogP contribution in [0.4, 0.5) is 24.5 Å². The van der Waals surface area contributed by atoms with Crippen LogP contribution < -0.4 is 14.7 Å². The van der Waals surface area contributed by atoms with Crippen LogP contribution in [0.2, 0.25) is 0 Å². The Morgan fingerprint density at radius 1 is 0.897 bits per heavy atom. The summed E-state index contributed by atoms with van der Waals surface area (Å²) in [6, 6.07) is 13.7. The van der Waals surface area contributed by atoms with Crippen LogP contribution >= 0.6 is 0 Å². The number of anilines is 2. The summed E-state index contributed by atoms with van der Waals surface area (Å²) in [5.41, 5.74) is 0.436. The molecule has 0 saturated carbocycles. The number of hydrogen-bond acceptors (Lipinski definition) is 3. The first-order valence-electron chi connectivity index (χ1n) is 9.53. The third-order valence-electron chi connectivity index (χ3n) is 5.60. The number of para-hydroxylation sites is 1. The number of halogens is 3. The van der Waals surface area contributed by atoms with Crippen molar-refractivity contribution >= 4 is 23.2 Å². The minimum Gasteiger partial charge on any atom is -0.360 e. The van der Waals surface area contributed by atoms with Gasteiger partial charge in [0, 0.05) is 5.69 Å². The molecule has 0 aromatic heterocycles. The van der Waals surface area contributed by atoms with E-state index in [4.69, 9.17) is 0 Å². The molecule has 5 nitrogen and oxygen atoms in total. The number of nitrogens with one attached hydrogen (secondary N) is 1. The Hall–Kier alpha value is -2.87. The molecular weight excluding hydrogens is 383 g/mol. The van der Waals surface area contributed by atoms with Crippen LogP contribution in [0.25, 0.3) is 0 Å². The fourth-order valence-electron chi connectivity index (χ4n) is 4.08. The molecule has 4 rings (SSSR count). The summed E-state index contributed by atoms with van der Waals surface area (Å²) in [6.45, 7) is 2.23. The Morgan fingerprint density at radius 3 is 2.21 bits per heavy atom. The molecule has 2 fully saturated rings. The molecule has 1 N–H and O–H groups in total. The molecule has 1 atom stereocenters. The molecular formula is C21H21F3N3O2+. The molecule has 2 amide bonds. The lowest BCUT2D eigenvalue weighted by molar-refractivity contribution is -0.915. The fraction of sp³-hybridized carbons (Fsp3) is 0.333. The molecule has 2 saturated heterocycles. The van der Waals surface area contributed by atoms with Crippen LogP contribution in [0.1, 0.15) is 12.0 Å². The van der Waals surface area contributed by atoms with Gasteiger partial charge in [0.15, 0.2) is 6.04 Å². The number of quaternary nitrogens is 1. The quantitative estimate of drug-likeness (QED) is 0.793. The van der Waals surface area contributed by atoms with Gasteiger partial charge in [-0.1, -0.05) is 24.3 Å². The van der Waals surface area contributed by atoms with Gasteiger partial charge in [-0.25, -0.2) is 4.90 Å². The molecule has 2 aromatic rings. The van der Waals surface area contributed by atoms with Crippen molar-refractivity contribution in [2.75, 3.05) is 36.0 Å².